The van der Waals surface area contributed by atoms with Gasteiger partial charge in [0.15, 0.2) is 0 Å². The van der Waals surface area contributed by atoms with E-state index < -0.39 is 5.41 Å². The minimum absolute atomic E-state index is 0.159. The summed E-state index contributed by atoms with van der Waals surface area (Å²) in [4.78, 5) is 16.9. The number of likely N-dealkylation sites (N-methyl/N-ethyl adjacent to an activating group) is 1. The Kier molecular flexibility index (Phi) is 5.66. The Morgan fingerprint density at radius 1 is 1.33 bits per heavy atom. The normalized spacial score (nSPS) is 16.0. The first kappa shape index (κ1) is 19.2. The van der Waals surface area contributed by atoms with Crippen LogP contribution >= 0.6 is 11.6 Å². The Labute approximate surface area is 164 Å². The average Bonchev–Trinajstić information content (AvgIpc) is 3.20. The van der Waals surface area contributed by atoms with Crippen LogP contribution in [0, 0.1) is 16.7 Å². The molecule has 1 aromatic carbocycles. The molecule has 8 heteroatoms. The van der Waals surface area contributed by atoms with Crippen molar-refractivity contribution in [1.82, 2.24) is 19.7 Å². The predicted octanol–water partition coefficient (Wildman–Crippen LogP) is 2.57. The van der Waals surface area contributed by atoms with E-state index in [-0.39, 0.29) is 5.91 Å². The van der Waals surface area contributed by atoms with E-state index in [2.05, 4.69) is 21.2 Å². The number of hydrogen-bond donors (Lipinski definition) is 0. The smallest absolute Gasteiger partial charge is 0.228 e. The number of hydrogen-bond acceptors (Lipinski definition) is 5. The van der Waals surface area contributed by atoms with E-state index in [0.717, 1.165) is 31.6 Å². The number of rotatable bonds is 5. The van der Waals surface area contributed by atoms with Crippen LogP contribution in [0.2, 0.25) is 5.02 Å². The summed E-state index contributed by atoms with van der Waals surface area (Å²) in [5.74, 6) is 0.159. The number of aromatic nitrogens is 3. The van der Waals surface area contributed by atoms with Gasteiger partial charge in [-0.3, -0.25) is 4.79 Å². The molecule has 1 fully saturated rings. The zero-order valence-electron chi connectivity index (χ0n) is 15.6. The molecule has 7 nitrogen and oxygen atoms in total. The number of piperidine rings is 1. The van der Waals surface area contributed by atoms with Gasteiger partial charge in [0.25, 0.3) is 0 Å². The molecule has 0 saturated carbocycles. The maximum absolute atomic E-state index is 13.0. The summed E-state index contributed by atoms with van der Waals surface area (Å²) in [7, 11) is 1.84. The fourth-order valence-electron chi connectivity index (χ4n) is 3.49. The monoisotopic (exact) mass is 386 g/mol. The molecule has 0 spiro atoms. The molecule has 2 heterocycles. The van der Waals surface area contributed by atoms with Crippen molar-refractivity contribution in [3.8, 4) is 6.07 Å². The Balaban J connectivity index is 1.61. The van der Waals surface area contributed by atoms with Crippen molar-refractivity contribution in [2.45, 2.75) is 26.3 Å². The zero-order valence-corrected chi connectivity index (χ0v) is 16.4. The van der Waals surface area contributed by atoms with E-state index in [9.17, 15) is 10.1 Å². The zero-order chi connectivity index (χ0) is 19.4. The van der Waals surface area contributed by atoms with Gasteiger partial charge in [-0.05, 0) is 31.0 Å². The lowest BCUT2D eigenvalue weighted by molar-refractivity contribution is -0.141. The maximum Gasteiger partial charge on any atom is 0.228 e. The van der Waals surface area contributed by atoms with Crippen LogP contribution in [0.5, 0.6) is 0 Å². The molecule has 1 aromatic heterocycles. The Morgan fingerprint density at radius 2 is 2.00 bits per heavy atom. The lowest BCUT2D eigenvalue weighted by Crippen LogP contribution is -2.48. The molecule has 3 rings (SSSR count). The molecule has 1 saturated heterocycles. The fourth-order valence-corrected chi connectivity index (χ4v) is 3.67. The first-order valence-electron chi connectivity index (χ1n) is 8.95. The highest BCUT2D eigenvalue weighted by atomic mass is 35.5. The van der Waals surface area contributed by atoms with Crippen molar-refractivity contribution >= 4 is 23.2 Å². The molecule has 142 valence electrons. The van der Waals surface area contributed by atoms with E-state index >= 15 is 0 Å². The predicted molar refractivity (Wildman–Crippen MR) is 103 cm³/mol. The van der Waals surface area contributed by atoms with E-state index in [4.69, 9.17) is 11.6 Å². The summed E-state index contributed by atoms with van der Waals surface area (Å²) in [6, 6.07) is 7.59. The standard InChI is InChI=1S/C19H23ClN6O/c1-19(18(27)24(2)9-10-25-13-22-23-14-25)5-7-26(8-6-19)17-4-3-16(20)11-15(17)12-21/h3-4,11,13-14H,5-10H2,1-2H3. The van der Waals surface area contributed by atoms with Gasteiger partial charge in [0.05, 0.1) is 11.3 Å². The number of benzene rings is 1. The second kappa shape index (κ2) is 7.97. The SMILES string of the molecule is CN(CCn1cnnc1)C(=O)C1(C)CCN(c2ccc(Cl)cc2C#N)CC1. The number of carbonyl (C=O) groups excluding carboxylic acids is 1. The van der Waals surface area contributed by atoms with Gasteiger partial charge in [-0.25, -0.2) is 0 Å². The summed E-state index contributed by atoms with van der Waals surface area (Å²) in [6.07, 6.45) is 4.79. The van der Waals surface area contributed by atoms with Crippen molar-refractivity contribution in [2.24, 2.45) is 5.41 Å². The van der Waals surface area contributed by atoms with Crippen molar-refractivity contribution in [3.05, 3.63) is 41.4 Å². The molecule has 2 aromatic rings. The van der Waals surface area contributed by atoms with Crippen molar-refractivity contribution < 1.29 is 4.79 Å². The Morgan fingerprint density at radius 3 is 2.63 bits per heavy atom. The molecule has 0 aliphatic carbocycles. The van der Waals surface area contributed by atoms with Gasteiger partial charge in [0, 0.05) is 43.7 Å². The molecule has 0 unspecified atom stereocenters. The van der Waals surface area contributed by atoms with Gasteiger partial charge in [-0.1, -0.05) is 18.5 Å². The number of halogens is 1. The second-order valence-corrected chi connectivity index (χ2v) is 7.68. The lowest BCUT2D eigenvalue weighted by atomic mass is 9.79. The van der Waals surface area contributed by atoms with Crippen LogP contribution in [0.3, 0.4) is 0 Å². The van der Waals surface area contributed by atoms with Crippen LogP contribution in [-0.2, 0) is 11.3 Å². The molecule has 1 aliphatic heterocycles. The van der Waals surface area contributed by atoms with Gasteiger partial charge in [-0.15, -0.1) is 10.2 Å². The van der Waals surface area contributed by atoms with Crippen LogP contribution in [0.1, 0.15) is 25.3 Å². The van der Waals surface area contributed by atoms with Crippen molar-refractivity contribution in [2.75, 3.05) is 31.6 Å². The van der Waals surface area contributed by atoms with Gasteiger partial charge in [0.2, 0.25) is 5.91 Å². The minimum atomic E-state index is -0.391. The van der Waals surface area contributed by atoms with Crippen LogP contribution in [0.15, 0.2) is 30.9 Å². The van der Waals surface area contributed by atoms with E-state index in [0.29, 0.717) is 23.7 Å². The van der Waals surface area contributed by atoms with Crippen LogP contribution in [0.4, 0.5) is 5.69 Å². The summed E-state index contributed by atoms with van der Waals surface area (Å²) in [6.45, 7) is 4.80. The average molecular weight is 387 g/mol. The third kappa shape index (κ3) is 4.22. The van der Waals surface area contributed by atoms with Crippen LogP contribution in [0.25, 0.3) is 0 Å². The molecular weight excluding hydrogens is 364 g/mol. The second-order valence-electron chi connectivity index (χ2n) is 7.25. The van der Waals surface area contributed by atoms with Gasteiger partial charge >= 0.3 is 0 Å². The summed E-state index contributed by atoms with van der Waals surface area (Å²) in [5, 5.41) is 17.5. The highest BCUT2D eigenvalue weighted by Crippen LogP contribution is 2.36. The molecular formula is C19H23ClN6O. The molecule has 0 atom stereocenters. The van der Waals surface area contributed by atoms with E-state index in [1.807, 2.05) is 24.6 Å². The largest absolute Gasteiger partial charge is 0.370 e. The van der Waals surface area contributed by atoms with Crippen molar-refractivity contribution in [3.63, 3.8) is 0 Å². The molecule has 27 heavy (non-hydrogen) atoms. The topological polar surface area (TPSA) is 78.1 Å². The number of nitriles is 1. The highest BCUT2D eigenvalue weighted by Gasteiger charge is 2.39. The van der Waals surface area contributed by atoms with Gasteiger partial charge in [-0.2, -0.15) is 5.26 Å². The molecule has 0 N–H and O–H groups in total. The number of carbonyl (C=O) groups is 1. The first-order valence-corrected chi connectivity index (χ1v) is 9.33. The van der Waals surface area contributed by atoms with Gasteiger partial charge < -0.3 is 14.4 Å². The maximum atomic E-state index is 13.0. The molecule has 1 aliphatic rings. The molecule has 0 bridgehead atoms. The Hall–Kier alpha value is -2.59. The summed E-state index contributed by atoms with van der Waals surface area (Å²) < 4.78 is 1.86. The third-order valence-electron chi connectivity index (χ3n) is 5.31. The van der Waals surface area contributed by atoms with Crippen molar-refractivity contribution in [1.29, 1.82) is 5.26 Å². The van der Waals surface area contributed by atoms with Crippen LogP contribution < -0.4 is 4.90 Å². The first-order chi connectivity index (χ1) is 12.9. The number of amides is 1. The number of anilines is 1. The lowest BCUT2D eigenvalue weighted by Gasteiger charge is -2.41. The summed E-state index contributed by atoms with van der Waals surface area (Å²) in [5.41, 5.74) is 1.07. The molecule has 0 radical (unpaired) electrons. The highest BCUT2D eigenvalue weighted by molar-refractivity contribution is 6.30. The number of nitrogens with zero attached hydrogens (tertiary/aromatic N) is 6. The van der Waals surface area contributed by atoms with Crippen LogP contribution in [-0.4, -0.2) is 52.3 Å². The third-order valence-corrected chi connectivity index (χ3v) is 5.55. The Bertz CT molecular complexity index is 836. The molecule has 1 amide bonds. The fraction of sp³-hybridized carbons (Fsp3) is 0.474. The quantitative estimate of drug-likeness (QED) is 0.789. The summed E-state index contributed by atoms with van der Waals surface area (Å²) >= 11 is 5.99. The minimum Gasteiger partial charge on any atom is -0.370 e. The van der Waals surface area contributed by atoms with E-state index in [1.165, 1.54) is 0 Å². The van der Waals surface area contributed by atoms with Gasteiger partial charge in [0.1, 0.15) is 18.7 Å². The van der Waals surface area contributed by atoms with E-state index in [1.54, 1.807) is 29.7 Å².